The minimum atomic E-state index is -1.08. The molecule has 1 rings (SSSR count). The summed E-state index contributed by atoms with van der Waals surface area (Å²) < 4.78 is 13.3. The van der Waals surface area contributed by atoms with Gasteiger partial charge in [-0.2, -0.15) is 5.48 Å². The number of carbonyl (C=O) groups excluding carboxylic acids is 1. The van der Waals surface area contributed by atoms with Gasteiger partial charge in [0.1, 0.15) is 11.9 Å². The predicted octanol–water partition coefficient (Wildman–Crippen LogP) is 2.01. The van der Waals surface area contributed by atoms with E-state index in [9.17, 15) is 9.18 Å². The summed E-state index contributed by atoms with van der Waals surface area (Å²) in [6.07, 6.45) is 0. The number of likely N-dealkylation sites (N-methyl/N-ethyl adjacent to an activating group) is 1. The van der Waals surface area contributed by atoms with Gasteiger partial charge in [-0.15, -0.1) is 0 Å². The van der Waals surface area contributed by atoms with Crippen LogP contribution >= 0.6 is 0 Å². The van der Waals surface area contributed by atoms with Crippen molar-refractivity contribution in [3.05, 3.63) is 35.6 Å². The number of hydrogen-bond acceptors (Lipinski definition) is 3. The third-order valence-corrected chi connectivity index (χ3v) is 1.96. The van der Waals surface area contributed by atoms with Crippen molar-refractivity contribution in [1.82, 2.24) is 10.8 Å². The van der Waals surface area contributed by atoms with Crippen LogP contribution in [0.2, 0.25) is 0 Å². The summed E-state index contributed by atoms with van der Waals surface area (Å²) >= 11 is 0. The van der Waals surface area contributed by atoms with Crippen molar-refractivity contribution in [3.63, 3.8) is 0 Å². The van der Waals surface area contributed by atoms with Crippen LogP contribution in [0.4, 0.5) is 4.39 Å². The molecule has 0 bridgehead atoms. The Hall–Kier alpha value is -1.46. The Kier molecular flexibility index (Phi) is 7.92. The highest BCUT2D eigenvalue weighted by Gasteiger charge is 2.21. The van der Waals surface area contributed by atoms with Crippen LogP contribution in [0.15, 0.2) is 24.3 Å². The number of hydroxylamine groups is 1. The molecule has 5 heteroatoms. The van der Waals surface area contributed by atoms with Gasteiger partial charge in [-0.1, -0.05) is 32.0 Å². The zero-order valence-electron chi connectivity index (χ0n) is 10.3. The first-order chi connectivity index (χ1) is 8.20. The molecule has 96 valence electrons. The summed E-state index contributed by atoms with van der Waals surface area (Å²) in [5, 5.41) is 11.3. The van der Waals surface area contributed by atoms with E-state index in [1.54, 1.807) is 18.5 Å². The average molecular weight is 242 g/mol. The Bertz CT molecular complexity index is 345. The fourth-order valence-electron chi connectivity index (χ4n) is 1.25. The van der Waals surface area contributed by atoms with Gasteiger partial charge in [0.15, 0.2) is 0 Å². The quantitative estimate of drug-likeness (QED) is 0.708. The van der Waals surface area contributed by atoms with Gasteiger partial charge in [0.05, 0.1) is 0 Å². The van der Waals surface area contributed by atoms with Crippen molar-refractivity contribution in [3.8, 4) is 0 Å². The molecule has 0 saturated carbocycles. The number of hydrogen-bond donors (Lipinski definition) is 3. The topological polar surface area (TPSA) is 61.4 Å². The van der Waals surface area contributed by atoms with Crippen LogP contribution in [0.25, 0.3) is 0 Å². The van der Waals surface area contributed by atoms with Crippen LogP contribution in [-0.4, -0.2) is 17.7 Å². The Morgan fingerprint density at radius 3 is 2.47 bits per heavy atom. The standard InChI is InChI=1S/C10H13FN2O2.C2H6/c1-2-12-10(14)9(13-15)7-5-3-4-6-8(7)11;1-2/h3-6,9,13,15H,2H2,1H3,(H,12,14);1-2H3. The van der Waals surface area contributed by atoms with E-state index in [1.807, 2.05) is 13.8 Å². The summed E-state index contributed by atoms with van der Waals surface area (Å²) in [6, 6.07) is 4.72. The minimum Gasteiger partial charge on any atom is -0.355 e. The van der Waals surface area contributed by atoms with E-state index in [1.165, 1.54) is 18.2 Å². The van der Waals surface area contributed by atoms with Crippen LogP contribution in [0, 0.1) is 5.82 Å². The van der Waals surface area contributed by atoms with Crippen LogP contribution in [-0.2, 0) is 4.79 Å². The van der Waals surface area contributed by atoms with Gasteiger partial charge in [0.25, 0.3) is 0 Å². The normalized spacial score (nSPS) is 11.1. The molecule has 0 saturated heterocycles. The molecule has 17 heavy (non-hydrogen) atoms. The third kappa shape index (κ3) is 4.50. The number of nitrogens with one attached hydrogen (secondary N) is 2. The van der Waals surface area contributed by atoms with Gasteiger partial charge < -0.3 is 10.5 Å². The number of benzene rings is 1. The van der Waals surface area contributed by atoms with Crippen LogP contribution in [0.1, 0.15) is 32.4 Å². The summed E-state index contributed by atoms with van der Waals surface area (Å²) in [7, 11) is 0. The second-order valence-electron chi connectivity index (χ2n) is 2.98. The van der Waals surface area contributed by atoms with Gasteiger partial charge in [-0.25, -0.2) is 4.39 Å². The number of halogens is 1. The minimum absolute atomic E-state index is 0.117. The SMILES string of the molecule is CC.CCNC(=O)C(NO)c1ccccc1F. The molecule has 0 heterocycles. The molecular formula is C12H19FN2O2. The van der Waals surface area contributed by atoms with Gasteiger partial charge in [0, 0.05) is 12.1 Å². The molecule has 0 aliphatic rings. The summed E-state index contributed by atoms with van der Waals surface area (Å²) in [6.45, 7) is 6.17. The first-order valence-electron chi connectivity index (χ1n) is 5.62. The second-order valence-corrected chi connectivity index (χ2v) is 2.98. The molecule has 0 spiro atoms. The van der Waals surface area contributed by atoms with Crippen molar-refractivity contribution < 1.29 is 14.4 Å². The lowest BCUT2D eigenvalue weighted by atomic mass is 10.1. The molecule has 1 unspecified atom stereocenters. The molecule has 1 aromatic carbocycles. The van der Waals surface area contributed by atoms with Crippen molar-refractivity contribution in [2.75, 3.05) is 6.54 Å². The summed E-state index contributed by atoms with van der Waals surface area (Å²) in [5.74, 6) is -1.000. The van der Waals surface area contributed by atoms with Crippen molar-refractivity contribution in [2.24, 2.45) is 0 Å². The molecule has 0 aliphatic carbocycles. The lowest BCUT2D eigenvalue weighted by Crippen LogP contribution is -2.36. The first-order valence-corrected chi connectivity index (χ1v) is 5.62. The molecule has 0 radical (unpaired) electrons. The van der Waals surface area contributed by atoms with Crippen LogP contribution < -0.4 is 10.8 Å². The summed E-state index contributed by atoms with van der Waals surface area (Å²) in [5.41, 5.74) is 1.91. The van der Waals surface area contributed by atoms with E-state index in [0.29, 0.717) is 6.54 Å². The number of amides is 1. The number of rotatable bonds is 4. The first kappa shape index (κ1) is 15.5. The zero-order valence-corrected chi connectivity index (χ0v) is 10.3. The maximum absolute atomic E-state index is 13.3. The molecule has 1 atom stereocenters. The largest absolute Gasteiger partial charge is 0.355 e. The van der Waals surface area contributed by atoms with E-state index >= 15 is 0 Å². The lowest BCUT2D eigenvalue weighted by Gasteiger charge is -2.15. The lowest BCUT2D eigenvalue weighted by molar-refractivity contribution is -0.125. The predicted molar refractivity (Wildman–Crippen MR) is 64.1 cm³/mol. The monoisotopic (exact) mass is 242 g/mol. The van der Waals surface area contributed by atoms with Gasteiger partial charge in [0.2, 0.25) is 5.91 Å². The zero-order chi connectivity index (χ0) is 13.3. The molecule has 3 N–H and O–H groups in total. The van der Waals surface area contributed by atoms with E-state index in [-0.39, 0.29) is 5.56 Å². The summed E-state index contributed by atoms with van der Waals surface area (Å²) in [4.78, 5) is 11.4. The molecular weight excluding hydrogens is 223 g/mol. The van der Waals surface area contributed by atoms with Gasteiger partial charge in [-0.05, 0) is 13.0 Å². The van der Waals surface area contributed by atoms with Crippen molar-refractivity contribution >= 4 is 5.91 Å². The second kappa shape index (κ2) is 8.66. The highest BCUT2D eigenvalue weighted by Crippen LogP contribution is 2.16. The maximum atomic E-state index is 13.3. The Morgan fingerprint density at radius 1 is 1.41 bits per heavy atom. The molecule has 4 nitrogen and oxygen atoms in total. The Morgan fingerprint density at radius 2 is 2.00 bits per heavy atom. The highest BCUT2D eigenvalue weighted by molar-refractivity contribution is 5.83. The Labute approximate surface area is 101 Å². The van der Waals surface area contributed by atoms with Crippen molar-refractivity contribution in [1.29, 1.82) is 0 Å². The average Bonchev–Trinajstić information content (AvgIpc) is 2.35. The molecule has 1 amide bonds. The van der Waals surface area contributed by atoms with E-state index in [2.05, 4.69) is 5.32 Å². The van der Waals surface area contributed by atoms with Gasteiger partial charge >= 0.3 is 0 Å². The molecule has 0 fully saturated rings. The fourth-order valence-corrected chi connectivity index (χ4v) is 1.25. The maximum Gasteiger partial charge on any atom is 0.244 e. The Balaban J connectivity index is 0.00000121. The van der Waals surface area contributed by atoms with Crippen molar-refractivity contribution in [2.45, 2.75) is 26.8 Å². The smallest absolute Gasteiger partial charge is 0.244 e. The van der Waals surface area contributed by atoms with E-state index < -0.39 is 17.8 Å². The third-order valence-electron chi connectivity index (χ3n) is 1.96. The molecule has 0 aromatic heterocycles. The number of carbonyl (C=O) groups is 1. The van der Waals surface area contributed by atoms with E-state index in [4.69, 9.17) is 5.21 Å². The molecule has 0 aliphatic heterocycles. The highest BCUT2D eigenvalue weighted by atomic mass is 19.1. The van der Waals surface area contributed by atoms with Gasteiger partial charge in [-0.3, -0.25) is 4.79 Å². The van der Waals surface area contributed by atoms with E-state index in [0.717, 1.165) is 0 Å². The molecule has 1 aromatic rings. The van der Waals surface area contributed by atoms with Crippen LogP contribution in [0.3, 0.4) is 0 Å². The fraction of sp³-hybridized carbons (Fsp3) is 0.417. The van der Waals surface area contributed by atoms with Crippen LogP contribution in [0.5, 0.6) is 0 Å².